The standard InChI is InChI=1S/C11H17N5O2S/c1-5-6-16-8(3)14-15-11(16)19-7(2)9(17)13-10(18)12-4/h5,7H,1,6H2,2-4H3,(H2,12,13,17,18)/t7-/m1/s1. The summed E-state index contributed by atoms with van der Waals surface area (Å²) in [5.41, 5.74) is 0. The summed E-state index contributed by atoms with van der Waals surface area (Å²) in [5, 5.41) is 12.7. The number of hydrogen-bond acceptors (Lipinski definition) is 5. The number of nitrogens with one attached hydrogen (secondary N) is 2. The first-order valence-corrected chi connectivity index (χ1v) is 6.57. The summed E-state index contributed by atoms with van der Waals surface area (Å²) < 4.78 is 1.85. The van der Waals surface area contributed by atoms with Crippen LogP contribution in [0.2, 0.25) is 0 Å². The molecule has 0 unspecified atom stereocenters. The molecule has 19 heavy (non-hydrogen) atoms. The molecule has 1 heterocycles. The Hall–Kier alpha value is -1.83. The molecule has 8 heteroatoms. The third-order valence-corrected chi connectivity index (χ3v) is 3.41. The Balaban J connectivity index is 2.71. The van der Waals surface area contributed by atoms with Gasteiger partial charge in [-0.05, 0) is 13.8 Å². The van der Waals surface area contributed by atoms with Gasteiger partial charge in [0.15, 0.2) is 5.16 Å². The van der Waals surface area contributed by atoms with Crippen LogP contribution in [0.4, 0.5) is 4.79 Å². The first kappa shape index (κ1) is 15.2. The molecule has 1 rings (SSSR count). The topological polar surface area (TPSA) is 88.9 Å². The lowest BCUT2D eigenvalue weighted by Crippen LogP contribution is -2.41. The molecular weight excluding hydrogens is 266 g/mol. The Kier molecular flexibility index (Phi) is 5.56. The van der Waals surface area contributed by atoms with Gasteiger partial charge in [-0.2, -0.15) is 0 Å². The van der Waals surface area contributed by atoms with Crippen LogP contribution in [0.25, 0.3) is 0 Å². The number of aromatic nitrogens is 3. The molecule has 0 spiro atoms. The largest absolute Gasteiger partial charge is 0.341 e. The van der Waals surface area contributed by atoms with Gasteiger partial charge in [-0.25, -0.2) is 4.79 Å². The zero-order valence-corrected chi connectivity index (χ0v) is 12.0. The number of urea groups is 1. The van der Waals surface area contributed by atoms with E-state index in [9.17, 15) is 9.59 Å². The first-order chi connectivity index (χ1) is 8.99. The zero-order chi connectivity index (χ0) is 14.4. The van der Waals surface area contributed by atoms with E-state index in [1.54, 1.807) is 13.0 Å². The summed E-state index contributed by atoms with van der Waals surface area (Å²) in [6.07, 6.45) is 1.73. The zero-order valence-electron chi connectivity index (χ0n) is 11.1. The molecule has 0 bridgehead atoms. The minimum absolute atomic E-state index is 0.379. The molecule has 7 nitrogen and oxygen atoms in total. The number of thioether (sulfide) groups is 1. The molecular formula is C11H17N5O2S. The van der Waals surface area contributed by atoms with Gasteiger partial charge in [0, 0.05) is 13.6 Å². The molecule has 0 fully saturated rings. The van der Waals surface area contributed by atoms with Crippen LogP contribution in [0.15, 0.2) is 17.8 Å². The average Bonchev–Trinajstić information content (AvgIpc) is 2.71. The quantitative estimate of drug-likeness (QED) is 0.613. The molecule has 0 saturated carbocycles. The van der Waals surface area contributed by atoms with E-state index in [1.807, 2.05) is 11.5 Å². The molecule has 0 aromatic carbocycles. The van der Waals surface area contributed by atoms with Gasteiger partial charge >= 0.3 is 6.03 Å². The summed E-state index contributed by atoms with van der Waals surface area (Å²) >= 11 is 1.24. The van der Waals surface area contributed by atoms with Gasteiger partial charge in [0.2, 0.25) is 5.91 Å². The van der Waals surface area contributed by atoms with Gasteiger partial charge in [0.05, 0.1) is 5.25 Å². The van der Waals surface area contributed by atoms with E-state index in [-0.39, 0.29) is 5.91 Å². The molecule has 0 aliphatic carbocycles. The lowest BCUT2D eigenvalue weighted by atomic mass is 10.4. The summed E-state index contributed by atoms with van der Waals surface area (Å²) in [5.74, 6) is 0.372. The summed E-state index contributed by atoms with van der Waals surface area (Å²) in [7, 11) is 1.45. The second kappa shape index (κ2) is 6.93. The number of carbonyl (C=O) groups excluding carboxylic acids is 2. The fraction of sp³-hybridized carbons (Fsp3) is 0.455. The van der Waals surface area contributed by atoms with Crippen molar-refractivity contribution < 1.29 is 9.59 Å². The van der Waals surface area contributed by atoms with Crippen molar-refractivity contribution in [2.45, 2.75) is 30.8 Å². The van der Waals surface area contributed by atoms with Crippen molar-refractivity contribution in [3.05, 3.63) is 18.5 Å². The van der Waals surface area contributed by atoms with E-state index in [0.29, 0.717) is 11.7 Å². The van der Waals surface area contributed by atoms with E-state index in [0.717, 1.165) is 5.82 Å². The van der Waals surface area contributed by atoms with Crippen molar-refractivity contribution in [3.63, 3.8) is 0 Å². The van der Waals surface area contributed by atoms with Crippen molar-refractivity contribution in [1.29, 1.82) is 0 Å². The molecule has 0 aliphatic heterocycles. The van der Waals surface area contributed by atoms with Gasteiger partial charge in [0.1, 0.15) is 5.82 Å². The monoisotopic (exact) mass is 283 g/mol. The molecule has 0 radical (unpaired) electrons. The normalized spacial score (nSPS) is 11.7. The third kappa shape index (κ3) is 4.09. The number of hydrogen-bond donors (Lipinski definition) is 2. The SMILES string of the molecule is C=CCn1c(C)nnc1S[C@H](C)C(=O)NC(=O)NC. The third-order valence-electron chi connectivity index (χ3n) is 2.33. The first-order valence-electron chi connectivity index (χ1n) is 5.69. The van der Waals surface area contributed by atoms with Gasteiger partial charge in [0.25, 0.3) is 0 Å². The Morgan fingerprint density at radius 2 is 2.21 bits per heavy atom. The summed E-state index contributed by atoms with van der Waals surface area (Å²) in [6, 6.07) is -0.527. The van der Waals surface area contributed by atoms with Crippen LogP contribution < -0.4 is 10.6 Å². The van der Waals surface area contributed by atoms with Crippen molar-refractivity contribution >= 4 is 23.7 Å². The van der Waals surface area contributed by atoms with E-state index < -0.39 is 11.3 Å². The van der Waals surface area contributed by atoms with E-state index in [4.69, 9.17) is 0 Å². The van der Waals surface area contributed by atoms with Crippen molar-refractivity contribution in [3.8, 4) is 0 Å². The molecule has 1 atom stereocenters. The molecule has 3 amide bonds. The van der Waals surface area contributed by atoms with Crippen LogP contribution in [-0.2, 0) is 11.3 Å². The van der Waals surface area contributed by atoms with Crippen molar-refractivity contribution in [1.82, 2.24) is 25.4 Å². The number of carbonyl (C=O) groups is 2. The summed E-state index contributed by atoms with van der Waals surface area (Å²) in [4.78, 5) is 22.8. The predicted octanol–water partition coefficient (Wildman–Crippen LogP) is 0.709. The fourth-order valence-corrected chi connectivity index (χ4v) is 2.18. The molecule has 1 aromatic heterocycles. The minimum Gasteiger partial charge on any atom is -0.341 e. The maximum absolute atomic E-state index is 11.7. The van der Waals surface area contributed by atoms with Crippen LogP contribution in [0.5, 0.6) is 0 Å². The highest BCUT2D eigenvalue weighted by Crippen LogP contribution is 2.22. The number of nitrogens with zero attached hydrogens (tertiary/aromatic N) is 3. The number of aryl methyl sites for hydroxylation is 1. The number of allylic oxidation sites excluding steroid dienone is 1. The van der Waals surface area contributed by atoms with E-state index >= 15 is 0 Å². The highest BCUT2D eigenvalue weighted by molar-refractivity contribution is 8.00. The Morgan fingerprint density at radius 1 is 1.53 bits per heavy atom. The van der Waals surface area contributed by atoms with Crippen LogP contribution in [0, 0.1) is 6.92 Å². The van der Waals surface area contributed by atoms with E-state index in [1.165, 1.54) is 18.8 Å². The fourth-order valence-electron chi connectivity index (χ4n) is 1.28. The number of imide groups is 1. The second-order valence-corrected chi connectivity index (χ2v) is 5.07. The van der Waals surface area contributed by atoms with Crippen LogP contribution in [-0.4, -0.2) is 39.0 Å². The summed E-state index contributed by atoms with van der Waals surface area (Å²) in [6.45, 7) is 7.77. The minimum atomic E-state index is -0.527. The van der Waals surface area contributed by atoms with E-state index in [2.05, 4.69) is 27.4 Å². The van der Waals surface area contributed by atoms with Crippen molar-refractivity contribution in [2.75, 3.05) is 7.05 Å². The highest BCUT2D eigenvalue weighted by atomic mass is 32.2. The molecule has 1 aromatic rings. The Labute approximate surface area is 115 Å². The van der Waals surface area contributed by atoms with Crippen LogP contribution in [0.1, 0.15) is 12.7 Å². The maximum atomic E-state index is 11.7. The number of amides is 3. The van der Waals surface area contributed by atoms with Gasteiger partial charge in [-0.3, -0.25) is 10.1 Å². The highest BCUT2D eigenvalue weighted by Gasteiger charge is 2.20. The Morgan fingerprint density at radius 3 is 2.79 bits per heavy atom. The number of rotatable bonds is 5. The predicted molar refractivity (Wildman–Crippen MR) is 72.9 cm³/mol. The van der Waals surface area contributed by atoms with Crippen molar-refractivity contribution in [2.24, 2.45) is 0 Å². The molecule has 2 N–H and O–H groups in total. The lowest BCUT2D eigenvalue weighted by Gasteiger charge is -2.11. The Bertz CT molecular complexity index is 485. The average molecular weight is 283 g/mol. The molecule has 0 aliphatic rings. The van der Waals surface area contributed by atoms with Gasteiger partial charge < -0.3 is 9.88 Å². The van der Waals surface area contributed by atoms with Crippen LogP contribution >= 0.6 is 11.8 Å². The lowest BCUT2D eigenvalue weighted by molar-refractivity contribution is -0.119. The maximum Gasteiger partial charge on any atom is 0.321 e. The molecule has 0 saturated heterocycles. The van der Waals surface area contributed by atoms with Gasteiger partial charge in [-0.1, -0.05) is 17.8 Å². The van der Waals surface area contributed by atoms with Gasteiger partial charge in [-0.15, -0.1) is 16.8 Å². The van der Waals surface area contributed by atoms with Crippen LogP contribution in [0.3, 0.4) is 0 Å². The molecule has 104 valence electrons. The second-order valence-electron chi connectivity index (χ2n) is 3.76. The smallest absolute Gasteiger partial charge is 0.321 e.